The van der Waals surface area contributed by atoms with E-state index in [2.05, 4.69) is 4.98 Å². The average Bonchev–Trinajstić information content (AvgIpc) is 2.86. The van der Waals surface area contributed by atoms with Gasteiger partial charge in [0.15, 0.2) is 0 Å². The molecule has 0 aliphatic rings. The molecule has 2 aromatic heterocycles. The molecule has 0 amide bonds. The average molecular weight is 366 g/mol. The lowest BCUT2D eigenvalue weighted by atomic mass is 10.0. The van der Waals surface area contributed by atoms with E-state index in [0.717, 1.165) is 17.0 Å². The number of halogens is 2. The van der Waals surface area contributed by atoms with Gasteiger partial charge in [0.1, 0.15) is 18.2 Å². The normalized spacial score (nSPS) is 11.4. The quantitative estimate of drug-likeness (QED) is 0.580. The van der Waals surface area contributed by atoms with Crippen LogP contribution in [0, 0.1) is 18.6 Å². The van der Waals surface area contributed by atoms with Crippen molar-refractivity contribution in [2.24, 2.45) is 0 Å². The van der Waals surface area contributed by atoms with E-state index in [-0.39, 0.29) is 18.2 Å². The van der Waals surface area contributed by atoms with Crippen molar-refractivity contribution in [3.63, 3.8) is 0 Å². The minimum Gasteiger partial charge on any atom is -0.480 e. The van der Waals surface area contributed by atoms with E-state index < -0.39 is 5.97 Å². The summed E-state index contributed by atoms with van der Waals surface area (Å²) in [6.45, 7) is 1.63. The molecule has 0 radical (unpaired) electrons. The van der Waals surface area contributed by atoms with Crippen LogP contribution in [-0.4, -0.2) is 20.6 Å². The number of pyridine rings is 1. The third-order valence-corrected chi connectivity index (χ3v) is 4.78. The Morgan fingerprint density at radius 2 is 1.81 bits per heavy atom. The molecule has 4 aromatic rings. The molecule has 0 aliphatic carbocycles. The number of carboxylic acid groups (broad SMARTS) is 1. The first-order chi connectivity index (χ1) is 12.9. The van der Waals surface area contributed by atoms with Crippen LogP contribution in [0.5, 0.6) is 0 Å². The van der Waals surface area contributed by atoms with E-state index in [1.165, 1.54) is 24.3 Å². The number of aliphatic carboxylic acids is 1. The van der Waals surface area contributed by atoms with Crippen molar-refractivity contribution < 1.29 is 18.7 Å². The van der Waals surface area contributed by atoms with Crippen molar-refractivity contribution in [1.29, 1.82) is 0 Å². The van der Waals surface area contributed by atoms with Crippen LogP contribution >= 0.6 is 0 Å². The molecule has 0 unspecified atom stereocenters. The van der Waals surface area contributed by atoms with E-state index in [4.69, 9.17) is 0 Å². The maximum atomic E-state index is 13.8. The highest BCUT2D eigenvalue weighted by atomic mass is 19.1. The van der Waals surface area contributed by atoms with Gasteiger partial charge in [0, 0.05) is 34.1 Å². The summed E-state index contributed by atoms with van der Waals surface area (Å²) in [5, 5.41) is 10.6. The van der Waals surface area contributed by atoms with Crippen LogP contribution in [0.15, 0.2) is 48.5 Å². The highest BCUT2D eigenvalue weighted by molar-refractivity contribution is 5.87. The molecule has 0 atom stereocenters. The van der Waals surface area contributed by atoms with Gasteiger partial charge in [-0.2, -0.15) is 0 Å². The molecular weight excluding hydrogens is 350 g/mol. The zero-order valence-electron chi connectivity index (χ0n) is 14.5. The molecule has 4 nitrogen and oxygen atoms in total. The van der Waals surface area contributed by atoms with Gasteiger partial charge < -0.3 is 9.67 Å². The summed E-state index contributed by atoms with van der Waals surface area (Å²) in [5.41, 5.74) is 3.69. The lowest BCUT2D eigenvalue weighted by Gasteiger charge is -2.06. The molecule has 0 fully saturated rings. The molecule has 136 valence electrons. The number of nitrogens with zero attached hydrogens (tertiary/aromatic N) is 2. The molecule has 0 saturated carbocycles. The summed E-state index contributed by atoms with van der Waals surface area (Å²) in [6, 6.07) is 12.4. The van der Waals surface area contributed by atoms with E-state index in [0.29, 0.717) is 28.2 Å². The fourth-order valence-corrected chi connectivity index (χ4v) is 3.50. The maximum Gasteiger partial charge on any atom is 0.323 e. The smallest absolute Gasteiger partial charge is 0.323 e. The fourth-order valence-electron chi connectivity index (χ4n) is 3.50. The summed E-state index contributed by atoms with van der Waals surface area (Å²) in [4.78, 5) is 15.8. The Hall–Kier alpha value is -3.28. The number of rotatable bonds is 4. The minimum atomic E-state index is -0.961. The summed E-state index contributed by atoms with van der Waals surface area (Å²) in [5.74, 6) is -1.66. The maximum absolute atomic E-state index is 13.8. The van der Waals surface area contributed by atoms with Gasteiger partial charge in [-0.3, -0.25) is 9.78 Å². The SMILES string of the molecule is Cc1c(Cc2ccc3cc(F)ccc3n2)c2cc(F)ccc2n1CC(=O)O. The lowest BCUT2D eigenvalue weighted by molar-refractivity contribution is -0.137. The monoisotopic (exact) mass is 366 g/mol. The van der Waals surface area contributed by atoms with Crippen molar-refractivity contribution in [2.75, 3.05) is 0 Å². The largest absolute Gasteiger partial charge is 0.480 e. The standard InChI is InChI=1S/C21H16F2N2O2/c1-12-17(10-16-5-2-13-8-14(22)3-6-19(13)24-16)18-9-15(23)4-7-20(18)25(12)11-21(26)27/h2-9H,10-11H2,1H3,(H,26,27). The highest BCUT2D eigenvalue weighted by Gasteiger charge is 2.17. The van der Waals surface area contributed by atoms with E-state index in [9.17, 15) is 18.7 Å². The van der Waals surface area contributed by atoms with Crippen LogP contribution < -0.4 is 0 Å². The number of hydrogen-bond donors (Lipinski definition) is 1. The number of aromatic nitrogens is 2. The van der Waals surface area contributed by atoms with Crippen molar-refractivity contribution in [3.05, 3.63) is 77.1 Å². The van der Waals surface area contributed by atoms with Crippen LogP contribution in [0.25, 0.3) is 21.8 Å². The van der Waals surface area contributed by atoms with Gasteiger partial charge in [-0.1, -0.05) is 6.07 Å². The first-order valence-corrected chi connectivity index (χ1v) is 8.46. The van der Waals surface area contributed by atoms with Crippen molar-refractivity contribution in [1.82, 2.24) is 9.55 Å². The van der Waals surface area contributed by atoms with Crippen molar-refractivity contribution in [2.45, 2.75) is 19.9 Å². The first kappa shape index (κ1) is 17.1. The van der Waals surface area contributed by atoms with Crippen LogP contribution in [-0.2, 0) is 17.8 Å². The van der Waals surface area contributed by atoms with Gasteiger partial charge in [0.25, 0.3) is 0 Å². The molecule has 6 heteroatoms. The molecule has 27 heavy (non-hydrogen) atoms. The molecule has 1 N–H and O–H groups in total. The second kappa shape index (κ2) is 6.46. The second-order valence-electron chi connectivity index (χ2n) is 6.52. The van der Waals surface area contributed by atoms with Crippen LogP contribution in [0.4, 0.5) is 8.78 Å². The van der Waals surface area contributed by atoms with Crippen LogP contribution in [0.3, 0.4) is 0 Å². The Bertz CT molecular complexity index is 1200. The first-order valence-electron chi connectivity index (χ1n) is 8.46. The Kier molecular flexibility index (Phi) is 4.11. The predicted molar refractivity (Wildman–Crippen MR) is 98.8 cm³/mol. The van der Waals surface area contributed by atoms with E-state index in [1.807, 2.05) is 6.92 Å². The zero-order chi connectivity index (χ0) is 19.1. The van der Waals surface area contributed by atoms with Gasteiger partial charge in [0.05, 0.1) is 5.52 Å². The molecule has 2 heterocycles. The molecule has 0 saturated heterocycles. The molecule has 0 spiro atoms. The fraction of sp³-hybridized carbons (Fsp3) is 0.143. The highest BCUT2D eigenvalue weighted by Crippen LogP contribution is 2.29. The van der Waals surface area contributed by atoms with E-state index in [1.54, 1.807) is 28.8 Å². The zero-order valence-corrected chi connectivity index (χ0v) is 14.5. The van der Waals surface area contributed by atoms with Gasteiger partial charge in [-0.05, 0) is 55.0 Å². The van der Waals surface area contributed by atoms with Gasteiger partial charge in [-0.15, -0.1) is 0 Å². The Morgan fingerprint density at radius 1 is 1.07 bits per heavy atom. The Balaban J connectivity index is 1.83. The number of hydrogen-bond acceptors (Lipinski definition) is 2. The number of carbonyl (C=O) groups is 1. The molecule has 0 aliphatic heterocycles. The van der Waals surface area contributed by atoms with Crippen LogP contribution in [0.2, 0.25) is 0 Å². The van der Waals surface area contributed by atoms with E-state index >= 15 is 0 Å². The summed E-state index contributed by atoms with van der Waals surface area (Å²) in [7, 11) is 0. The molecule has 4 rings (SSSR count). The Morgan fingerprint density at radius 3 is 2.59 bits per heavy atom. The van der Waals surface area contributed by atoms with Gasteiger partial charge in [0.2, 0.25) is 0 Å². The topological polar surface area (TPSA) is 55.1 Å². The minimum absolute atomic E-state index is 0.196. The number of fused-ring (bicyclic) bond motifs is 2. The van der Waals surface area contributed by atoms with Crippen LogP contribution in [0.1, 0.15) is 17.0 Å². The summed E-state index contributed by atoms with van der Waals surface area (Å²) < 4.78 is 28.8. The van der Waals surface area contributed by atoms with Gasteiger partial charge >= 0.3 is 5.97 Å². The third kappa shape index (κ3) is 3.14. The van der Waals surface area contributed by atoms with Crippen molar-refractivity contribution >= 4 is 27.8 Å². The third-order valence-electron chi connectivity index (χ3n) is 4.78. The lowest BCUT2D eigenvalue weighted by Crippen LogP contribution is -2.10. The molecular formula is C21H16F2N2O2. The number of carboxylic acids is 1. The number of benzene rings is 2. The predicted octanol–water partition coefficient (Wildman–Crippen LogP) is 4.45. The Labute approximate surface area is 153 Å². The molecule has 0 bridgehead atoms. The summed E-state index contributed by atoms with van der Waals surface area (Å²) >= 11 is 0. The summed E-state index contributed by atoms with van der Waals surface area (Å²) in [6.07, 6.45) is 0.422. The molecule has 2 aromatic carbocycles. The van der Waals surface area contributed by atoms with Crippen molar-refractivity contribution in [3.8, 4) is 0 Å². The van der Waals surface area contributed by atoms with Gasteiger partial charge in [-0.25, -0.2) is 8.78 Å². The second-order valence-corrected chi connectivity index (χ2v) is 6.52.